The Morgan fingerprint density at radius 1 is 1.50 bits per heavy atom. The highest BCUT2D eigenvalue weighted by atomic mass is 19.4. The fourth-order valence-electron chi connectivity index (χ4n) is 1.73. The van der Waals surface area contributed by atoms with Crippen LogP contribution in [0.5, 0.6) is 0 Å². The van der Waals surface area contributed by atoms with Crippen molar-refractivity contribution in [2.45, 2.75) is 44.1 Å². The lowest BCUT2D eigenvalue weighted by atomic mass is 9.92. The van der Waals surface area contributed by atoms with Gasteiger partial charge in [-0.25, -0.2) is 0 Å². The molecule has 14 heavy (non-hydrogen) atoms. The zero-order chi connectivity index (χ0) is 10.8. The smallest absolute Gasteiger partial charge is 0.361 e. The van der Waals surface area contributed by atoms with Crippen LogP contribution in [0.2, 0.25) is 0 Å². The van der Waals surface area contributed by atoms with Crippen LogP contribution < -0.4 is 5.32 Å². The van der Waals surface area contributed by atoms with Crippen molar-refractivity contribution in [2.75, 3.05) is 13.6 Å². The van der Waals surface area contributed by atoms with Gasteiger partial charge in [0, 0.05) is 6.54 Å². The standard InChI is InChI=1S/C9H16F3NO/c1-8(9(10,11)12)5-3-4-7(14-8)6-13-2/h7,13H,3-6H2,1-2H3. The third-order valence-electron chi connectivity index (χ3n) is 2.64. The fourth-order valence-corrected chi connectivity index (χ4v) is 1.73. The number of rotatable bonds is 2. The summed E-state index contributed by atoms with van der Waals surface area (Å²) in [5, 5.41) is 2.83. The minimum absolute atomic E-state index is 0.0662. The minimum atomic E-state index is -4.26. The molecule has 0 spiro atoms. The second-order valence-electron chi connectivity index (χ2n) is 3.92. The maximum absolute atomic E-state index is 12.6. The van der Waals surface area contributed by atoms with Crippen molar-refractivity contribution in [2.24, 2.45) is 0 Å². The molecule has 0 radical (unpaired) electrons. The molecule has 2 atom stereocenters. The number of alkyl halides is 3. The molecule has 0 bridgehead atoms. The Hall–Kier alpha value is -0.290. The molecule has 0 aromatic rings. The molecule has 0 aromatic heterocycles. The highest BCUT2D eigenvalue weighted by Crippen LogP contribution is 2.41. The van der Waals surface area contributed by atoms with Crippen LogP contribution in [0.3, 0.4) is 0 Å². The maximum Gasteiger partial charge on any atom is 0.417 e. The summed E-state index contributed by atoms with van der Waals surface area (Å²) in [6.07, 6.45) is -3.24. The van der Waals surface area contributed by atoms with Crippen LogP contribution >= 0.6 is 0 Å². The van der Waals surface area contributed by atoms with E-state index in [1.807, 2.05) is 0 Å². The van der Waals surface area contributed by atoms with Gasteiger partial charge in [-0.2, -0.15) is 13.2 Å². The van der Waals surface area contributed by atoms with Crippen LogP contribution in [-0.4, -0.2) is 31.5 Å². The number of ether oxygens (including phenoxy) is 1. The van der Waals surface area contributed by atoms with Crippen LogP contribution in [0.15, 0.2) is 0 Å². The Labute approximate surface area is 81.8 Å². The van der Waals surface area contributed by atoms with Gasteiger partial charge in [0.25, 0.3) is 0 Å². The van der Waals surface area contributed by atoms with Gasteiger partial charge in [0.15, 0.2) is 5.60 Å². The zero-order valence-electron chi connectivity index (χ0n) is 8.45. The number of halogens is 3. The summed E-state index contributed by atoms with van der Waals surface area (Å²) in [4.78, 5) is 0. The number of hydrogen-bond acceptors (Lipinski definition) is 2. The summed E-state index contributed by atoms with van der Waals surface area (Å²) in [5.41, 5.74) is -1.95. The van der Waals surface area contributed by atoms with Gasteiger partial charge in [0.1, 0.15) is 0 Å². The van der Waals surface area contributed by atoms with Crippen molar-refractivity contribution in [1.82, 2.24) is 5.32 Å². The van der Waals surface area contributed by atoms with Gasteiger partial charge < -0.3 is 10.1 Å². The summed E-state index contributed by atoms with van der Waals surface area (Å²) < 4.78 is 42.9. The van der Waals surface area contributed by atoms with E-state index < -0.39 is 11.8 Å². The molecule has 2 nitrogen and oxygen atoms in total. The first-order valence-corrected chi connectivity index (χ1v) is 4.78. The molecule has 1 heterocycles. The summed E-state index contributed by atoms with van der Waals surface area (Å²) in [6.45, 7) is 1.61. The Kier molecular flexibility index (Phi) is 3.42. The third kappa shape index (κ3) is 2.39. The van der Waals surface area contributed by atoms with Crippen molar-refractivity contribution in [3.63, 3.8) is 0 Å². The Bertz CT molecular complexity index is 193. The van der Waals surface area contributed by atoms with Crippen molar-refractivity contribution in [3.05, 3.63) is 0 Å². The SMILES string of the molecule is CNCC1CCCC(C)(C(F)(F)F)O1. The Morgan fingerprint density at radius 3 is 2.64 bits per heavy atom. The van der Waals surface area contributed by atoms with Gasteiger partial charge in [-0.05, 0) is 33.2 Å². The molecule has 1 fully saturated rings. The second kappa shape index (κ2) is 4.06. The van der Waals surface area contributed by atoms with Crippen LogP contribution in [0.4, 0.5) is 13.2 Å². The summed E-state index contributed by atoms with van der Waals surface area (Å²) in [5.74, 6) is 0. The minimum Gasteiger partial charge on any atom is -0.361 e. The first kappa shape index (κ1) is 11.8. The number of nitrogens with one attached hydrogen (secondary N) is 1. The lowest BCUT2D eigenvalue weighted by Crippen LogP contribution is -2.51. The van der Waals surface area contributed by atoms with Crippen LogP contribution in [0, 0.1) is 0 Å². The lowest BCUT2D eigenvalue weighted by Gasteiger charge is -2.39. The molecule has 0 saturated carbocycles. The molecule has 1 aliphatic rings. The van der Waals surface area contributed by atoms with Gasteiger partial charge in [0.05, 0.1) is 6.10 Å². The lowest BCUT2D eigenvalue weighted by molar-refractivity contribution is -0.296. The monoisotopic (exact) mass is 211 g/mol. The molecule has 0 aliphatic carbocycles. The second-order valence-corrected chi connectivity index (χ2v) is 3.92. The van der Waals surface area contributed by atoms with Gasteiger partial charge in [-0.15, -0.1) is 0 Å². The molecule has 2 unspecified atom stereocenters. The maximum atomic E-state index is 12.6. The molecule has 5 heteroatoms. The number of hydrogen-bond donors (Lipinski definition) is 1. The van der Waals surface area contributed by atoms with E-state index in [4.69, 9.17) is 4.74 Å². The van der Waals surface area contributed by atoms with Gasteiger partial charge >= 0.3 is 6.18 Å². The van der Waals surface area contributed by atoms with Crippen LogP contribution in [0.1, 0.15) is 26.2 Å². The molecule has 0 amide bonds. The summed E-state index contributed by atoms with van der Waals surface area (Å²) >= 11 is 0. The van der Waals surface area contributed by atoms with E-state index in [1.165, 1.54) is 0 Å². The average Bonchev–Trinajstić information content (AvgIpc) is 2.03. The highest BCUT2D eigenvalue weighted by Gasteiger charge is 2.54. The number of likely N-dealkylation sites (N-methyl/N-ethyl adjacent to an activating group) is 1. The van der Waals surface area contributed by atoms with E-state index in [1.54, 1.807) is 7.05 Å². The largest absolute Gasteiger partial charge is 0.417 e. The van der Waals surface area contributed by atoms with E-state index in [2.05, 4.69) is 5.32 Å². The normalized spacial score (nSPS) is 34.5. The molecule has 84 valence electrons. The fraction of sp³-hybridized carbons (Fsp3) is 1.00. The zero-order valence-corrected chi connectivity index (χ0v) is 8.45. The van der Waals surface area contributed by atoms with E-state index in [0.29, 0.717) is 19.4 Å². The van der Waals surface area contributed by atoms with E-state index in [0.717, 1.165) is 6.92 Å². The van der Waals surface area contributed by atoms with Crippen LogP contribution in [-0.2, 0) is 4.74 Å². The van der Waals surface area contributed by atoms with Crippen molar-refractivity contribution in [1.29, 1.82) is 0 Å². The van der Waals surface area contributed by atoms with E-state index in [-0.39, 0.29) is 12.5 Å². The van der Waals surface area contributed by atoms with Gasteiger partial charge in [-0.1, -0.05) is 0 Å². The molecular weight excluding hydrogens is 195 g/mol. The predicted octanol–water partition coefficient (Wildman–Crippen LogP) is 2.10. The van der Waals surface area contributed by atoms with Gasteiger partial charge in [-0.3, -0.25) is 0 Å². The quantitative estimate of drug-likeness (QED) is 0.755. The Morgan fingerprint density at radius 2 is 2.14 bits per heavy atom. The molecule has 1 aliphatic heterocycles. The Balaban J connectivity index is 2.62. The summed E-state index contributed by atoms with van der Waals surface area (Å²) in [7, 11) is 1.71. The third-order valence-corrected chi connectivity index (χ3v) is 2.64. The van der Waals surface area contributed by atoms with Crippen molar-refractivity contribution >= 4 is 0 Å². The van der Waals surface area contributed by atoms with E-state index in [9.17, 15) is 13.2 Å². The molecule has 1 rings (SSSR count). The first-order valence-electron chi connectivity index (χ1n) is 4.78. The van der Waals surface area contributed by atoms with Crippen molar-refractivity contribution in [3.8, 4) is 0 Å². The van der Waals surface area contributed by atoms with E-state index >= 15 is 0 Å². The molecular formula is C9H16F3NO. The predicted molar refractivity (Wildman–Crippen MR) is 47.1 cm³/mol. The molecule has 1 N–H and O–H groups in total. The van der Waals surface area contributed by atoms with Crippen molar-refractivity contribution < 1.29 is 17.9 Å². The van der Waals surface area contributed by atoms with Crippen LogP contribution in [0.25, 0.3) is 0 Å². The highest BCUT2D eigenvalue weighted by molar-refractivity contribution is 4.89. The first-order chi connectivity index (χ1) is 6.39. The molecule has 0 aromatic carbocycles. The summed E-state index contributed by atoms with van der Waals surface area (Å²) in [6, 6.07) is 0. The molecule has 1 saturated heterocycles. The topological polar surface area (TPSA) is 21.3 Å². The average molecular weight is 211 g/mol. The van der Waals surface area contributed by atoms with Gasteiger partial charge in [0.2, 0.25) is 0 Å².